The van der Waals surface area contributed by atoms with Gasteiger partial charge in [0.1, 0.15) is 0 Å². The molecule has 0 aromatic carbocycles. The molecule has 4 heteroatoms. The first-order valence-electron chi connectivity index (χ1n) is 8.07. The lowest BCUT2D eigenvalue weighted by Crippen LogP contribution is -2.50. The Bertz CT molecular complexity index is 252. The molecule has 0 saturated carbocycles. The molecule has 3 aliphatic heterocycles. The lowest BCUT2D eigenvalue weighted by Gasteiger charge is -2.38. The Morgan fingerprint density at radius 1 is 0.579 bits per heavy atom. The van der Waals surface area contributed by atoms with E-state index in [1.807, 2.05) is 0 Å². The van der Waals surface area contributed by atoms with Crippen molar-refractivity contribution in [3.8, 4) is 0 Å². The SMILES string of the molecule is CN1CCC(N2CCC(N3CCN(C)CC3)C2)CC1. The number of likely N-dealkylation sites (N-methyl/N-ethyl adjacent to an activating group) is 1. The first kappa shape index (κ1) is 13.8. The number of rotatable bonds is 2. The number of likely N-dealkylation sites (tertiary alicyclic amines) is 2. The van der Waals surface area contributed by atoms with Gasteiger partial charge in [0.2, 0.25) is 0 Å². The fourth-order valence-corrected chi connectivity index (χ4v) is 3.94. The molecule has 0 aliphatic carbocycles. The van der Waals surface area contributed by atoms with Crippen molar-refractivity contribution in [2.24, 2.45) is 0 Å². The van der Waals surface area contributed by atoms with E-state index in [0.29, 0.717) is 0 Å². The van der Waals surface area contributed by atoms with E-state index < -0.39 is 0 Å². The molecule has 3 aliphatic rings. The average Bonchev–Trinajstić information content (AvgIpc) is 2.90. The molecule has 0 bridgehead atoms. The van der Waals surface area contributed by atoms with Crippen LogP contribution in [-0.2, 0) is 0 Å². The van der Waals surface area contributed by atoms with Gasteiger partial charge in [0.05, 0.1) is 0 Å². The maximum absolute atomic E-state index is 2.79. The molecule has 3 fully saturated rings. The Labute approximate surface area is 118 Å². The Hall–Kier alpha value is -0.160. The molecule has 1 atom stereocenters. The predicted octanol–water partition coefficient (Wildman–Crippen LogP) is 0.402. The summed E-state index contributed by atoms with van der Waals surface area (Å²) in [5, 5.41) is 0. The molecule has 0 aromatic rings. The smallest absolute Gasteiger partial charge is 0.0236 e. The fourth-order valence-electron chi connectivity index (χ4n) is 3.94. The molecule has 0 amide bonds. The van der Waals surface area contributed by atoms with Crippen LogP contribution in [0.3, 0.4) is 0 Å². The number of piperidine rings is 1. The minimum atomic E-state index is 0.841. The van der Waals surface area contributed by atoms with Gasteiger partial charge in [-0.3, -0.25) is 9.80 Å². The molecular formula is C15H30N4. The van der Waals surface area contributed by atoms with Crippen molar-refractivity contribution in [1.82, 2.24) is 19.6 Å². The maximum Gasteiger partial charge on any atom is 0.0236 e. The van der Waals surface area contributed by atoms with E-state index in [1.54, 1.807) is 0 Å². The van der Waals surface area contributed by atoms with Gasteiger partial charge in [-0.15, -0.1) is 0 Å². The van der Waals surface area contributed by atoms with Gasteiger partial charge in [0.15, 0.2) is 0 Å². The van der Waals surface area contributed by atoms with E-state index in [-0.39, 0.29) is 0 Å². The largest absolute Gasteiger partial charge is 0.306 e. The third-order valence-electron chi connectivity index (χ3n) is 5.45. The molecule has 0 N–H and O–H groups in total. The molecule has 19 heavy (non-hydrogen) atoms. The summed E-state index contributed by atoms with van der Waals surface area (Å²) < 4.78 is 0. The molecule has 0 radical (unpaired) electrons. The molecule has 1 unspecified atom stereocenters. The van der Waals surface area contributed by atoms with Crippen molar-refractivity contribution in [2.45, 2.75) is 31.3 Å². The molecule has 3 saturated heterocycles. The molecule has 3 rings (SSSR count). The van der Waals surface area contributed by atoms with Crippen LogP contribution in [0.1, 0.15) is 19.3 Å². The van der Waals surface area contributed by atoms with E-state index in [4.69, 9.17) is 0 Å². The molecule has 3 heterocycles. The molecule has 0 aromatic heterocycles. The van der Waals surface area contributed by atoms with Gasteiger partial charge in [-0.25, -0.2) is 0 Å². The van der Waals surface area contributed by atoms with E-state index in [1.165, 1.54) is 71.6 Å². The van der Waals surface area contributed by atoms with Gasteiger partial charge in [-0.05, 0) is 46.4 Å². The monoisotopic (exact) mass is 266 g/mol. The van der Waals surface area contributed by atoms with E-state index >= 15 is 0 Å². The Balaban J connectivity index is 1.47. The molecule has 4 nitrogen and oxygen atoms in total. The number of piperazine rings is 1. The summed E-state index contributed by atoms with van der Waals surface area (Å²) in [5.74, 6) is 0. The minimum Gasteiger partial charge on any atom is -0.306 e. The Kier molecular flexibility index (Phi) is 4.42. The summed E-state index contributed by atoms with van der Waals surface area (Å²) in [6.45, 7) is 10.3. The second-order valence-corrected chi connectivity index (χ2v) is 6.81. The van der Waals surface area contributed by atoms with Crippen LogP contribution < -0.4 is 0 Å². The molecule has 110 valence electrons. The highest BCUT2D eigenvalue weighted by atomic mass is 15.3. The van der Waals surface area contributed by atoms with Crippen LogP contribution in [0.5, 0.6) is 0 Å². The number of hydrogen-bond donors (Lipinski definition) is 0. The summed E-state index contributed by atoms with van der Waals surface area (Å²) in [7, 11) is 4.50. The average molecular weight is 266 g/mol. The first-order chi connectivity index (χ1) is 9.22. The van der Waals surface area contributed by atoms with Crippen LogP contribution in [0.4, 0.5) is 0 Å². The normalized spacial score (nSPS) is 34.1. The Morgan fingerprint density at radius 3 is 1.84 bits per heavy atom. The second-order valence-electron chi connectivity index (χ2n) is 6.81. The van der Waals surface area contributed by atoms with Gasteiger partial charge in [0.25, 0.3) is 0 Å². The van der Waals surface area contributed by atoms with Crippen molar-refractivity contribution in [3.63, 3.8) is 0 Å². The van der Waals surface area contributed by atoms with E-state index in [9.17, 15) is 0 Å². The highest BCUT2D eigenvalue weighted by Gasteiger charge is 2.33. The Morgan fingerprint density at radius 2 is 1.16 bits per heavy atom. The molecule has 0 spiro atoms. The summed E-state index contributed by atoms with van der Waals surface area (Å²) >= 11 is 0. The standard InChI is InChI=1S/C15H30N4/c1-16-6-3-14(4-7-16)19-8-5-15(13-19)18-11-9-17(2)10-12-18/h14-15H,3-13H2,1-2H3. The number of nitrogens with zero attached hydrogens (tertiary/aromatic N) is 4. The van der Waals surface area contributed by atoms with E-state index in [2.05, 4.69) is 33.7 Å². The van der Waals surface area contributed by atoms with Crippen molar-refractivity contribution in [2.75, 3.05) is 66.5 Å². The summed E-state index contributed by atoms with van der Waals surface area (Å²) in [5.41, 5.74) is 0. The van der Waals surface area contributed by atoms with Crippen molar-refractivity contribution in [1.29, 1.82) is 0 Å². The third kappa shape index (κ3) is 3.30. The first-order valence-corrected chi connectivity index (χ1v) is 8.07. The summed E-state index contributed by atoms with van der Waals surface area (Å²) in [6.07, 6.45) is 4.16. The summed E-state index contributed by atoms with van der Waals surface area (Å²) in [6, 6.07) is 1.71. The lowest BCUT2D eigenvalue weighted by atomic mass is 10.0. The van der Waals surface area contributed by atoms with Gasteiger partial charge < -0.3 is 9.80 Å². The zero-order chi connectivity index (χ0) is 13.2. The predicted molar refractivity (Wildman–Crippen MR) is 79.6 cm³/mol. The number of hydrogen-bond acceptors (Lipinski definition) is 4. The highest BCUT2D eigenvalue weighted by Crippen LogP contribution is 2.23. The third-order valence-corrected chi connectivity index (χ3v) is 5.45. The van der Waals surface area contributed by atoms with Gasteiger partial charge >= 0.3 is 0 Å². The van der Waals surface area contributed by atoms with Crippen LogP contribution in [0.25, 0.3) is 0 Å². The van der Waals surface area contributed by atoms with Crippen LogP contribution in [-0.4, -0.2) is 98.1 Å². The summed E-state index contributed by atoms with van der Waals surface area (Å²) in [4.78, 5) is 10.5. The van der Waals surface area contributed by atoms with Crippen molar-refractivity contribution in [3.05, 3.63) is 0 Å². The molecular weight excluding hydrogens is 236 g/mol. The lowest BCUT2D eigenvalue weighted by molar-refractivity contribution is 0.0987. The van der Waals surface area contributed by atoms with E-state index in [0.717, 1.165) is 12.1 Å². The topological polar surface area (TPSA) is 13.0 Å². The van der Waals surface area contributed by atoms with Gasteiger partial charge in [-0.2, -0.15) is 0 Å². The second kappa shape index (κ2) is 6.08. The van der Waals surface area contributed by atoms with Crippen molar-refractivity contribution < 1.29 is 0 Å². The highest BCUT2D eigenvalue weighted by molar-refractivity contribution is 4.90. The zero-order valence-corrected chi connectivity index (χ0v) is 12.7. The zero-order valence-electron chi connectivity index (χ0n) is 12.7. The maximum atomic E-state index is 2.79. The van der Waals surface area contributed by atoms with Crippen LogP contribution in [0.2, 0.25) is 0 Å². The quantitative estimate of drug-likeness (QED) is 0.717. The van der Waals surface area contributed by atoms with Crippen LogP contribution >= 0.6 is 0 Å². The van der Waals surface area contributed by atoms with Gasteiger partial charge in [0, 0.05) is 51.4 Å². The van der Waals surface area contributed by atoms with Crippen LogP contribution in [0, 0.1) is 0 Å². The van der Waals surface area contributed by atoms with Crippen molar-refractivity contribution >= 4 is 0 Å². The minimum absolute atomic E-state index is 0.841. The van der Waals surface area contributed by atoms with Crippen LogP contribution in [0.15, 0.2) is 0 Å². The fraction of sp³-hybridized carbons (Fsp3) is 1.00. The van der Waals surface area contributed by atoms with Gasteiger partial charge in [-0.1, -0.05) is 0 Å².